The van der Waals surface area contributed by atoms with E-state index >= 15 is 0 Å². The maximum Gasteiger partial charge on any atom is 0.305 e. The Balaban J connectivity index is 2.27. The Bertz CT molecular complexity index is 568. The van der Waals surface area contributed by atoms with E-state index in [0.29, 0.717) is 0 Å². The number of carbonyl (C=O) groups is 1. The molecule has 3 N–H and O–H groups in total. The van der Waals surface area contributed by atoms with Crippen LogP contribution in [-0.4, -0.2) is 11.1 Å². The summed E-state index contributed by atoms with van der Waals surface area (Å²) in [5.74, 6) is -0.896. The van der Waals surface area contributed by atoms with Crippen LogP contribution in [0.4, 0.5) is 0 Å². The van der Waals surface area contributed by atoms with Crippen LogP contribution in [0.15, 0.2) is 36.4 Å². The fourth-order valence-electron chi connectivity index (χ4n) is 1.70. The average Bonchev–Trinajstić information content (AvgIpc) is 2.75. The Kier molecular flexibility index (Phi) is 4.01. The zero-order valence-electron chi connectivity index (χ0n) is 9.47. The molecule has 0 saturated heterocycles. The van der Waals surface area contributed by atoms with E-state index in [1.54, 1.807) is 0 Å². The third kappa shape index (κ3) is 3.10. The molecule has 0 aliphatic carbocycles. The van der Waals surface area contributed by atoms with Crippen LogP contribution in [0.5, 0.6) is 0 Å². The van der Waals surface area contributed by atoms with Crippen molar-refractivity contribution in [2.75, 3.05) is 0 Å². The Labute approximate surface area is 114 Å². The quantitative estimate of drug-likeness (QED) is 0.901. The fraction of sp³-hybridized carbons (Fsp3) is 0.154. The van der Waals surface area contributed by atoms with Gasteiger partial charge in [-0.15, -0.1) is 11.3 Å². The first-order chi connectivity index (χ1) is 8.56. The van der Waals surface area contributed by atoms with Gasteiger partial charge in [-0.2, -0.15) is 0 Å². The molecule has 2 rings (SSSR count). The Morgan fingerprint density at radius 2 is 2.17 bits per heavy atom. The van der Waals surface area contributed by atoms with Gasteiger partial charge in [-0.25, -0.2) is 0 Å². The number of aliphatic carboxylic acids is 1. The zero-order valence-corrected chi connectivity index (χ0v) is 11.0. The molecule has 1 heterocycles. The van der Waals surface area contributed by atoms with Gasteiger partial charge in [0.15, 0.2) is 0 Å². The van der Waals surface area contributed by atoms with Crippen LogP contribution in [0.1, 0.15) is 18.0 Å². The van der Waals surface area contributed by atoms with Crippen molar-refractivity contribution in [3.8, 4) is 10.4 Å². The van der Waals surface area contributed by atoms with Gasteiger partial charge in [-0.05, 0) is 29.3 Å². The number of carboxylic acid groups (broad SMARTS) is 1. The Morgan fingerprint density at radius 1 is 1.39 bits per heavy atom. The van der Waals surface area contributed by atoms with Gasteiger partial charge in [0.2, 0.25) is 0 Å². The Hall–Kier alpha value is -1.36. The second-order valence-electron chi connectivity index (χ2n) is 3.93. The van der Waals surface area contributed by atoms with E-state index in [-0.39, 0.29) is 6.42 Å². The molecule has 5 heteroatoms. The molecular weight excluding hydrogens is 270 g/mol. The van der Waals surface area contributed by atoms with Gasteiger partial charge < -0.3 is 10.8 Å². The van der Waals surface area contributed by atoms with E-state index in [0.717, 1.165) is 20.3 Å². The highest BCUT2D eigenvalue weighted by Gasteiger charge is 2.11. The minimum atomic E-state index is -0.896. The molecule has 18 heavy (non-hydrogen) atoms. The van der Waals surface area contributed by atoms with E-state index in [1.807, 2.05) is 36.4 Å². The molecule has 1 aromatic heterocycles. The lowest BCUT2D eigenvalue weighted by atomic mass is 10.0. The SMILES string of the molecule is NC(CC(=O)O)c1cccc(-c2ccc(Cl)s2)c1. The summed E-state index contributed by atoms with van der Waals surface area (Å²) in [4.78, 5) is 11.7. The van der Waals surface area contributed by atoms with Crippen molar-refractivity contribution in [2.24, 2.45) is 5.73 Å². The number of hydrogen-bond donors (Lipinski definition) is 2. The molecule has 0 spiro atoms. The van der Waals surface area contributed by atoms with Crippen LogP contribution in [0.2, 0.25) is 4.34 Å². The van der Waals surface area contributed by atoms with Gasteiger partial charge in [0.25, 0.3) is 0 Å². The molecule has 94 valence electrons. The van der Waals surface area contributed by atoms with E-state index in [9.17, 15) is 4.79 Å². The van der Waals surface area contributed by atoms with E-state index in [4.69, 9.17) is 22.4 Å². The molecule has 0 aliphatic heterocycles. The maximum absolute atomic E-state index is 10.6. The van der Waals surface area contributed by atoms with Crippen molar-refractivity contribution in [1.82, 2.24) is 0 Å². The lowest BCUT2D eigenvalue weighted by Crippen LogP contribution is -2.14. The molecule has 0 amide bonds. The molecular formula is C13H12ClNO2S. The number of hydrogen-bond acceptors (Lipinski definition) is 3. The molecule has 3 nitrogen and oxygen atoms in total. The van der Waals surface area contributed by atoms with Gasteiger partial charge in [0.1, 0.15) is 0 Å². The predicted molar refractivity (Wildman–Crippen MR) is 73.9 cm³/mol. The van der Waals surface area contributed by atoms with Crippen LogP contribution in [0.3, 0.4) is 0 Å². The molecule has 0 bridgehead atoms. The van der Waals surface area contributed by atoms with E-state index in [2.05, 4.69) is 0 Å². The fourth-order valence-corrected chi connectivity index (χ4v) is 2.74. The monoisotopic (exact) mass is 281 g/mol. The minimum absolute atomic E-state index is 0.0748. The summed E-state index contributed by atoms with van der Waals surface area (Å²) in [6.07, 6.45) is -0.0748. The molecule has 0 fully saturated rings. The van der Waals surface area contributed by atoms with Gasteiger partial charge in [0.05, 0.1) is 10.8 Å². The van der Waals surface area contributed by atoms with Gasteiger partial charge >= 0.3 is 5.97 Å². The molecule has 2 aromatic rings. The van der Waals surface area contributed by atoms with Crippen molar-refractivity contribution in [1.29, 1.82) is 0 Å². The first-order valence-corrected chi connectivity index (χ1v) is 6.59. The zero-order chi connectivity index (χ0) is 13.1. The molecule has 0 saturated carbocycles. The summed E-state index contributed by atoms with van der Waals surface area (Å²) >= 11 is 7.38. The largest absolute Gasteiger partial charge is 0.481 e. The van der Waals surface area contributed by atoms with Gasteiger partial charge in [-0.3, -0.25) is 4.79 Å². The molecule has 1 unspecified atom stereocenters. The molecule has 1 aromatic carbocycles. The Morgan fingerprint density at radius 3 is 2.78 bits per heavy atom. The second-order valence-corrected chi connectivity index (χ2v) is 5.65. The minimum Gasteiger partial charge on any atom is -0.481 e. The van der Waals surface area contributed by atoms with Crippen molar-refractivity contribution in [2.45, 2.75) is 12.5 Å². The third-order valence-electron chi connectivity index (χ3n) is 2.57. The van der Waals surface area contributed by atoms with Gasteiger partial charge in [0, 0.05) is 10.9 Å². The topological polar surface area (TPSA) is 63.3 Å². The normalized spacial score (nSPS) is 12.3. The number of benzene rings is 1. The van der Waals surface area contributed by atoms with Crippen molar-refractivity contribution in [3.63, 3.8) is 0 Å². The highest BCUT2D eigenvalue weighted by Crippen LogP contribution is 2.32. The van der Waals surface area contributed by atoms with Crippen LogP contribution in [0, 0.1) is 0 Å². The summed E-state index contributed by atoms with van der Waals surface area (Å²) in [7, 11) is 0. The highest BCUT2D eigenvalue weighted by molar-refractivity contribution is 7.19. The lowest BCUT2D eigenvalue weighted by molar-refractivity contribution is -0.137. The smallest absolute Gasteiger partial charge is 0.305 e. The highest BCUT2D eigenvalue weighted by atomic mass is 35.5. The van der Waals surface area contributed by atoms with Crippen molar-refractivity contribution in [3.05, 3.63) is 46.3 Å². The molecule has 1 atom stereocenters. The lowest BCUT2D eigenvalue weighted by Gasteiger charge is -2.10. The maximum atomic E-state index is 10.6. The van der Waals surface area contributed by atoms with E-state index < -0.39 is 12.0 Å². The van der Waals surface area contributed by atoms with Gasteiger partial charge in [-0.1, -0.05) is 29.8 Å². The third-order valence-corrected chi connectivity index (χ3v) is 3.85. The summed E-state index contributed by atoms with van der Waals surface area (Å²) in [5, 5.41) is 8.74. The number of rotatable bonds is 4. The average molecular weight is 282 g/mol. The van der Waals surface area contributed by atoms with Crippen LogP contribution >= 0.6 is 22.9 Å². The summed E-state index contributed by atoms with van der Waals surface area (Å²) in [5.41, 5.74) is 7.67. The first kappa shape index (κ1) is 13.1. The second kappa shape index (κ2) is 5.52. The summed E-state index contributed by atoms with van der Waals surface area (Å²) < 4.78 is 0.727. The first-order valence-electron chi connectivity index (χ1n) is 5.39. The summed E-state index contributed by atoms with van der Waals surface area (Å²) in [6, 6.07) is 10.9. The number of thiophene rings is 1. The number of nitrogens with two attached hydrogens (primary N) is 1. The number of carboxylic acids is 1. The van der Waals surface area contributed by atoms with Crippen molar-refractivity contribution < 1.29 is 9.90 Å². The standard InChI is InChI=1S/C13H12ClNO2S/c14-12-5-4-11(18-12)9-3-1-2-8(6-9)10(15)7-13(16)17/h1-6,10H,7,15H2,(H,16,17). The van der Waals surface area contributed by atoms with E-state index in [1.165, 1.54) is 11.3 Å². The summed E-state index contributed by atoms with van der Waals surface area (Å²) in [6.45, 7) is 0. The molecule has 0 radical (unpaired) electrons. The number of halogens is 1. The predicted octanol–water partition coefficient (Wildman–Crippen LogP) is 3.54. The molecule has 0 aliphatic rings. The van der Waals surface area contributed by atoms with Crippen LogP contribution in [0.25, 0.3) is 10.4 Å². The van der Waals surface area contributed by atoms with Crippen molar-refractivity contribution >= 4 is 28.9 Å². The van der Waals surface area contributed by atoms with Crippen LogP contribution < -0.4 is 5.73 Å². The van der Waals surface area contributed by atoms with Crippen LogP contribution in [-0.2, 0) is 4.79 Å².